The summed E-state index contributed by atoms with van der Waals surface area (Å²) in [7, 11) is 1.39. The molecule has 96 valence electrons. The van der Waals surface area contributed by atoms with Crippen molar-refractivity contribution in [3.05, 3.63) is 11.3 Å². The Hall–Kier alpha value is -1.03. The van der Waals surface area contributed by atoms with E-state index in [2.05, 4.69) is 0 Å². The quantitative estimate of drug-likeness (QED) is 0.766. The molecule has 0 saturated heterocycles. The Kier molecular flexibility index (Phi) is 4.05. The zero-order valence-corrected chi connectivity index (χ0v) is 10.3. The number of esters is 1. The molecule has 0 aromatic heterocycles. The fraction of sp³-hybridized carbons (Fsp3) is 0.769. The summed E-state index contributed by atoms with van der Waals surface area (Å²) >= 11 is 0. The molecule has 1 saturated carbocycles. The Bertz CT molecular complexity index is 321. The first kappa shape index (κ1) is 12.4. The van der Waals surface area contributed by atoms with Crippen LogP contribution in [0.15, 0.2) is 11.3 Å². The highest BCUT2D eigenvalue weighted by Gasteiger charge is 2.29. The molecular weight excluding hydrogens is 220 g/mol. The number of aliphatic hydroxyl groups is 1. The molecule has 0 aromatic carbocycles. The normalized spacial score (nSPS) is 29.3. The fourth-order valence-electron chi connectivity index (χ4n) is 2.58. The van der Waals surface area contributed by atoms with Gasteiger partial charge in [0.05, 0.1) is 18.8 Å². The van der Waals surface area contributed by atoms with E-state index < -0.39 is 6.10 Å². The van der Waals surface area contributed by atoms with Crippen LogP contribution in [0.2, 0.25) is 0 Å². The number of carbonyl (C=O) groups is 1. The van der Waals surface area contributed by atoms with E-state index in [0.717, 1.165) is 50.7 Å². The molecule has 2 rings (SSSR count). The van der Waals surface area contributed by atoms with E-state index in [4.69, 9.17) is 9.47 Å². The van der Waals surface area contributed by atoms with Gasteiger partial charge in [0.15, 0.2) is 0 Å². The van der Waals surface area contributed by atoms with Gasteiger partial charge in [-0.3, -0.25) is 0 Å². The maximum Gasteiger partial charge on any atom is 0.337 e. The van der Waals surface area contributed by atoms with Gasteiger partial charge < -0.3 is 14.6 Å². The summed E-state index contributed by atoms with van der Waals surface area (Å²) in [5, 5.41) is 9.85. The van der Waals surface area contributed by atoms with Crippen molar-refractivity contribution in [3.8, 4) is 0 Å². The standard InChI is InChI=1S/C13H20O4/c1-16-13(15)9-5-4-8-11(9)17-12-7-3-2-6-10(12)14/h10,12,14H,2-8H2,1H3/t10-,12-/m0/s1. The van der Waals surface area contributed by atoms with Crippen LogP contribution in [0.3, 0.4) is 0 Å². The molecule has 4 heteroatoms. The summed E-state index contributed by atoms with van der Waals surface area (Å²) in [5.74, 6) is 0.450. The number of aliphatic hydroxyl groups excluding tert-OH is 1. The van der Waals surface area contributed by atoms with Gasteiger partial charge in [-0.05, 0) is 32.1 Å². The lowest BCUT2D eigenvalue weighted by molar-refractivity contribution is -0.136. The van der Waals surface area contributed by atoms with Gasteiger partial charge in [0.1, 0.15) is 11.9 Å². The molecule has 0 heterocycles. The lowest BCUT2D eigenvalue weighted by atomic mass is 9.95. The Morgan fingerprint density at radius 1 is 1.24 bits per heavy atom. The van der Waals surface area contributed by atoms with Crippen molar-refractivity contribution in [1.82, 2.24) is 0 Å². The molecule has 0 aliphatic heterocycles. The molecule has 1 fully saturated rings. The van der Waals surface area contributed by atoms with Crippen LogP contribution < -0.4 is 0 Å². The highest BCUT2D eigenvalue weighted by atomic mass is 16.5. The first-order valence-electron chi connectivity index (χ1n) is 6.37. The van der Waals surface area contributed by atoms with Crippen molar-refractivity contribution < 1.29 is 19.4 Å². The summed E-state index contributed by atoms with van der Waals surface area (Å²) < 4.78 is 10.6. The van der Waals surface area contributed by atoms with E-state index in [9.17, 15) is 9.90 Å². The third kappa shape index (κ3) is 2.80. The second kappa shape index (κ2) is 5.54. The maximum atomic E-state index is 11.5. The zero-order valence-electron chi connectivity index (χ0n) is 10.3. The van der Waals surface area contributed by atoms with Crippen LogP contribution in [0, 0.1) is 0 Å². The van der Waals surface area contributed by atoms with Gasteiger partial charge in [-0.15, -0.1) is 0 Å². The molecule has 0 aromatic rings. The number of methoxy groups -OCH3 is 1. The average Bonchev–Trinajstić information content (AvgIpc) is 2.79. The van der Waals surface area contributed by atoms with E-state index in [1.165, 1.54) is 7.11 Å². The van der Waals surface area contributed by atoms with Crippen molar-refractivity contribution in [2.24, 2.45) is 0 Å². The molecule has 2 aliphatic rings. The molecule has 0 bridgehead atoms. The van der Waals surface area contributed by atoms with Crippen molar-refractivity contribution >= 4 is 5.97 Å². The molecule has 17 heavy (non-hydrogen) atoms. The zero-order chi connectivity index (χ0) is 12.3. The number of hydrogen-bond acceptors (Lipinski definition) is 4. The van der Waals surface area contributed by atoms with E-state index >= 15 is 0 Å². The van der Waals surface area contributed by atoms with Gasteiger partial charge in [0, 0.05) is 6.42 Å². The minimum atomic E-state index is -0.393. The van der Waals surface area contributed by atoms with E-state index in [0.29, 0.717) is 5.57 Å². The van der Waals surface area contributed by atoms with Crippen LogP contribution in [0.1, 0.15) is 44.9 Å². The van der Waals surface area contributed by atoms with E-state index in [1.807, 2.05) is 0 Å². The van der Waals surface area contributed by atoms with Crippen molar-refractivity contribution in [2.45, 2.75) is 57.2 Å². The Morgan fingerprint density at radius 3 is 2.71 bits per heavy atom. The smallest absolute Gasteiger partial charge is 0.337 e. The van der Waals surface area contributed by atoms with Crippen LogP contribution in [-0.4, -0.2) is 30.4 Å². The molecule has 0 spiro atoms. The van der Waals surface area contributed by atoms with E-state index in [1.54, 1.807) is 0 Å². The molecule has 2 aliphatic carbocycles. The Morgan fingerprint density at radius 2 is 2.00 bits per heavy atom. The third-order valence-electron chi connectivity index (χ3n) is 3.56. The topological polar surface area (TPSA) is 55.8 Å². The predicted octanol–water partition coefficient (Wildman–Crippen LogP) is 1.92. The number of hydrogen-bond donors (Lipinski definition) is 1. The molecule has 4 nitrogen and oxygen atoms in total. The number of rotatable bonds is 3. The first-order valence-corrected chi connectivity index (χ1v) is 6.37. The predicted molar refractivity (Wildman–Crippen MR) is 62.2 cm³/mol. The van der Waals surface area contributed by atoms with Crippen molar-refractivity contribution in [3.63, 3.8) is 0 Å². The van der Waals surface area contributed by atoms with Crippen LogP contribution >= 0.6 is 0 Å². The maximum absolute atomic E-state index is 11.5. The second-order valence-corrected chi connectivity index (χ2v) is 4.75. The SMILES string of the molecule is COC(=O)C1=C(O[C@H]2CCCC[C@@H]2O)CCC1. The van der Waals surface area contributed by atoms with E-state index in [-0.39, 0.29) is 12.1 Å². The Labute approximate surface area is 102 Å². The summed E-state index contributed by atoms with van der Waals surface area (Å²) in [5.41, 5.74) is 0.658. The summed E-state index contributed by atoms with van der Waals surface area (Å²) in [6, 6.07) is 0. The fourth-order valence-corrected chi connectivity index (χ4v) is 2.58. The Balaban J connectivity index is 2.03. The largest absolute Gasteiger partial charge is 0.492 e. The van der Waals surface area contributed by atoms with Gasteiger partial charge >= 0.3 is 5.97 Å². The number of allylic oxidation sites excluding steroid dienone is 1. The van der Waals surface area contributed by atoms with Crippen LogP contribution in [0.25, 0.3) is 0 Å². The van der Waals surface area contributed by atoms with Crippen LogP contribution in [-0.2, 0) is 14.3 Å². The number of ether oxygens (including phenoxy) is 2. The van der Waals surface area contributed by atoms with Gasteiger partial charge in [0.25, 0.3) is 0 Å². The van der Waals surface area contributed by atoms with Gasteiger partial charge in [-0.1, -0.05) is 6.42 Å². The molecular formula is C13H20O4. The minimum absolute atomic E-state index is 0.142. The number of carbonyl (C=O) groups excluding carboxylic acids is 1. The second-order valence-electron chi connectivity index (χ2n) is 4.75. The minimum Gasteiger partial charge on any atom is -0.492 e. The molecule has 2 atom stereocenters. The molecule has 0 amide bonds. The van der Waals surface area contributed by atoms with Gasteiger partial charge in [-0.2, -0.15) is 0 Å². The summed E-state index contributed by atoms with van der Waals surface area (Å²) in [4.78, 5) is 11.5. The molecule has 0 radical (unpaired) electrons. The summed E-state index contributed by atoms with van der Waals surface area (Å²) in [6.07, 6.45) is 5.73. The first-order chi connectivity index (χ1) is 8.22. The van der Waals surface area contributed by atoms with Gasteiger partial charge in [-0.25, -0.2) is 4.79 Å². The lowest BCUT2D eigenvalue weighted by Gasteiger charge is -2.29. The van der Waals surface area contributed by atoms with Crippen molar-refractivity contribution in [1.29, 1.82) is 0 Å². The average molecular weight is 240 g/mol. The summed E-state index contributed by atoms with van der Waals surface area (Å²) in [6.45, 7) is 0. The third-order valence-corrected chi connectivity index (χ3v) is 3.56. The van der Waals surface area contributed by atoms with Crippen molar-refractivity contribution in [2.75, 3.05) is 7.11 Å². The van der Waals surface area contributed by atoms with Gasteiger partial charge in [0.2, 0.25) is 0 Å². The molecule has 0 unspecified atom stereocenters. The monoisotopic (exact) mass is 240 g/mol. The lowest BCUT2D eigenvalue weighted by Crippen LogP contribution is -2.32. The highest BCUT2D eigenvalue weighted by Crippen LogP contribution is 2.32. The molecule has 1 N–H and O–H groups in total. The van der Waals surface area contributed by atoms with Crippen LogP contribution in [0.5, 0.6) is 0 Å². The van der Waals surface area contributed by atoms with Crippen LogP contribution in [0.4, 0.5) is 0 Å². The highest BCUT2D eigenvalue weighted by molar-refractivity contribution is 5.89.